The molecule has 0 aromatic rings. The summed E-state index contributed by atoms with van der Waals surface area (Å²) in [6.07, 6.45) is 5.40. The predicted molar refractivity (Wildman–Crippen MR) is 61.0 cm³/mol. The Balaban J connectivity index is 3.20. The number of hydrogen-bond donors (Lipinski definition) is 0. The van der Waals surface area contributed by atoms with E-state index in [1.54, 1.807) is 0 Å². The highest BCUT2D eigenvalue weighted by atomic mass is 16.5. The average molecular weight is 230 g/mol. The van der Waals surface area contributed by atoms with Gasteiger partial charge in [-0.15, -0.1) is 0 Å². The fourth-order valence-electron chi connectivity index (χ4n) is 1.28. The number of carbonyl (C=O) groups is 2. The summed E-state index contributed by atoms with van der Waals surface area (Å²) in [7, 11) is 1.39. The number of carbonyl (C=O) groups excluding carboxylic acids is 2. The second-order valence-electron chi connectivity index (χ2n) is 3.71. The molecular weight excluding hydrogens is 208 g/mol. The summed E-state index contributed by atoms with van der Waals surface area (Å²) in [5.41, 5.74) is 0. The molecule has 0 bridgehead atoms. The van der Waals surface area contributed by atoms with Crippen molar-refractivity contribution in [3.05, 3.63) is 0 Å². The van der Waals surface area contributed by atoms with Crippen molar-refractivity contribution >= 4 is 11.9 Å². The van der Waals surface area contributed by atoms with E-state index in [-0.39, 0.29) is 11.9 Å². The average Bonchev–Trinajstić information content (AvgIpc) is 2.30. The Labute approximate surface area is 97.3 Å². The zero-order valence-electron chi connectivity index (χ0n) is 10.3. The standard InChI is InChI=1S/C12H22O4/c1-3-10-16-12(14)9-7-5-4-6-8-11(13)15-2/h3-10H2,1-2H3. The molecule has 0 rings (SSSR count). The molecule has 0 aromatic heterocycles. The van der Waals surface area contributed by atoms with Crippen LogP contribution in [0.2, 0.25) is 0 Å². The van der Waals surface area contributed by atoms with Crippen molar-refractivity contribution in [1.29, 1.82) is 0 Å². The smallest absolute Gasteiger partial charge is 0.305 e. The van der Waals surface area contributed by atoms with Gasteiger partial charge < -0.3 is 9.47 Å². The Morgan fingerprint density at radius 1 is 0.938 bits per heavy atom. The van der Waals surface area contributed by atoms with Crippen molar-refractivity contribution in [2.45, 2.75) is 51.9 Å². The normalized spacial score (nSPS) is 9.88. The third-order valence-corrected chi connectivity index (χ3v) is 2.21. The number of ether oxygens (including phenoxy) is 2. The topological polar surface area (TPSA) is 52.6 Å². The lowest BCUT2D eigenvalue weighted by Crippen LogP contribution is -2.04. The Morgan fingerprint density at radius 3 is 2.00 bits per heavy atom. The summed E-state index contributed by atoms with van der Waals surface area (Å²) in [6.45, 7) is 2.49. The summed E-state index contributed by atoms with van der Waals surface area (Å²) < 4.78 is 9.47. The number of methoxy groups -OCH3 is 1. The minimum atomic E-state index is -0.164. The highest BCUT2D eigenvalue weighted by Crippen LogP contribution is 2.06. The van der Waals surface area contributed by atoms with E-state index in [0.29, 0.717) is 19.4 Å². The molecular formula is C12H22O4. The first-order valence-electron chi connectivity index (χ1n) is 5.93. The van der Waals surface area contributed by atoms with Crippen LogP contribution in [0.4, 0.5) is 0 Å². The van der Waals surface area contributed by atoms with Crippen molar-refractivity contribution in [1.82, 2.24) is 0 Å². The maximum atomic E-state index is 11.1. The van der Waals surface area contributed by atoms with Crippen molar-refractivity contribution in [3.8, 4) is 0 Å². The molecule has 0 saturated carbocycles. The summed E-state index contributed by atoms with van der Waals surface area (Å²) in [5, 5.41) is 0. The predicted octanol–water partition coefficient (Wildman–Crippen LogP) is 2.45. The molecule has 16 heavy (non-hydrogen) atoms. The van der Waals surface area contributed by atoms with Crippen LogP contribution in [0.25, 0.3) is 0 Å². The molecule has 0 atom stereocenters. The lowest BCUT2D eigenvalue weighted by Gasteiger charge is -2.03. The van der Waals surface area contributed by atoms with Crippen molar-refractivity contribution in [2.75, 3.05) is 13.7 Å². The van der Waals surface area contributed by atoms with Crippen LogP contribution in [0.3, 0.4) is 0 Å². The lowest BCUT2D eigenvalue weighted by atomic mass is 10.1. The quantitative estimate of drug-likeness (QED) is 0.451. The van der Waals surface area contributed by atoms with Gasteiger partial charge in [0.1, 0.15) is 0 Å². The molecule has 0 fully saturated rings. The molecule has 0 amide bonds. The van der Waals surface area contributed by atoms with E-state index in [4.69, 9.17) is 4.74 Å². The van der Waals surface area contributed by atoms with E-state index < -0.39 is 0 Å². The molecule has 0 aromatic carbocycles. The fourth-order valence-corrected chi connectivity index (χ4v) is 1.28. The van der Waals surface area contributed by atoms with Gasteiger partial charge in [0.15, 0.2) is 0 Å². The number of rotatable bonds is 9. The van der Waals surface area contributed by atoms with E-state index in [0.717, 1.165) is 32.1 Å². The number of unbranched alkanes of at least 4 members (excludes halogenated alkanes) is 3. The third kappa shape index (κ3) is 9.49. The van der Waals surface area contributed by atoms with E-state index in [1.165, 1.54) is 7.11 Å². The van der Waals surface area contributed by atoms with Gasteiger partial charge in [0.05, 0.1) is 13.7 Å². The highest BCUT2D eigenvalue weighted by molar-refractivity contribution is 5.69. The molecule has 0 unspecified atom stereocenters. The van der Waals surface area contributed by atoms with Crippen molar-refractivity contribution in [3.63, 3.8) is 0 Å². The SMILES string of the molecule is CCCOC(=O)CCCCCCC(=O)OC. The van der Waals surface area contributed by atoms with Gasteiger partial charge in [-0.2, -0.15) is 0 Å². The van der Waals surface area contributed by atoms with Crippen LogP contribution < -0.4 is 0 Å². The zero-order valence-corrected chi connectivity index (χ0v) is 10.3. The van der Waals surface area contributed by atoms with Crippen LogP contribution in [0.1, 0.15) is 51.9 Å². The summed E-state index contributed by atoms with van der Waals surface area (Å²) >= 11 is 0. The Bertz CT molecular complexity index is 201. The van der Waals surface area contributed by atoms with Gasteiger partial charge in [-0.25, -0.2) is 0 Å². The molecule has 0 N–H and O–H groups in total. The van der Waals surface area contributed by atoms with Crippen LogP contribution in [0.15, 0.2) is 0 Å². The summed E-state index contributed by atoms with van der Waals surface area (Å²) in [4.78, 5) is 21.9. The lowest BCUT2D eigenvalue weighted by molar-refractivity contribution is -0.144. The van der Waals surface area contributed by atoms with Gasteiger partial charge in [0.25, 0.3) is 0 Å². The zero-order chi connectivity index (χ0) is 12.2. The Morgan fingerprint density at radius 2 is 1.50 bits per heavy atom. The second-order valence-corrected chi connectivity index (χ2v) is 3.71. The largest absolute Gasteiger partial charge is 0.469 e. The Kier molecular flexibility index (Phi) is 9.76. The first kappa shape index (κ1) is 14.9. The second kappa shape index (κ2) is 10.5. The van der Waals surface area contributed by atoms with E-state index >= 15 is 0 Å². The number of hydrogen-bond acceptors (Lipinski definition) is 4. The van der Waals surface area contributed by atoms with Gasteiger partial charge in [-0.3, -0.25) is 9.59 Å². The van der Waals surface area contributed by atoms with Crippen LogP contribution in [-0.4, -0.2) is 25.7 Å². The van der Waals surface area contributed by atoms with Crippen LogP contribution in [-0.2, 0) is 19.1 Å². The maximum Gasteiger partial charge on any atom is 0.305 e. The van der Waals surface area contributed by atoms with Gasteiger partial charge >= 0.3 is 11.9 Å². The first-order chi connectivity index (χ1) is 7.70. The molecule has 4 nitrogen and oxygen atoms in total. The molecule has 0 aliphatic carbocycles. The monoisotopic (exact) mass is 230 g/mol. The molecule has 0 spiro atoms. The molecule has 0 saturated heterocycles. The minimum absolute atomic E-state index is 0.116. The molecule has 0 heterocycles. The Hall–Kier alpha value is -1.06. The van der Waals surface area contributed by atoms with Gasteiger partial charge in [0.2, 0.25) is 0 Å². The minimum Gasteiger partial charge on any atom is -0.469 e. The molecule has 4 heteroatoms. The van der Waals surface area contributed by atoms with Gasteiger partial charge in [0, 0.05) is 12.8 Å². The summed E-state index contributed by atoms with van der Waals surface area (Å²) in [5.74, 6) is -0.280. The van der Waals surface area contributed by atoms with E-state index in [1.807, 2.05) is 6.92 Å². The summed E-state index contributed by atoms with van der Waals surface area (Å²) in [6, 6.07) is 0. The van der Waals surface area contributed by atoms with Crippen LogP contribution in [0.5, 0.6) is 0 Å². The fraction of sp³-hybridized carbons (Fsp3) is 0.833. The molecule has 94 valence electrons. The van der Waals surface area contributed by atoms with Crippen molar-refractivity contribution < 1.29 is 19.1 Å². The maximum absolute atomic E-state index is 11.1. The first-order valence-corrected chi connectivity index (χ1v) is 5.93. The van der Waals surface area contributed by atoms with Gasteiger partial charge in [-0.05, 0) is 19.3 Å². The third-order valence-electron chi connectivity index (χ3n) is 2.21. The van der Waals surface area contributed by atoms with Crippen molar-refractivity contribution in [2.24, 2.45) is 0 Å². The molecule has 0 aliphatic heterocycles. The van der Waals surface area contributed by atoms with Gasteiger partial charge in [-0.1, -0.05) is 19.8 Å². The number of esters is 2. The van der Waals surface area contributed by atoms with E-state index in [2.05, 4.69) is 4.74 Å². The molecule has 0 aliphatic rings. The van der Waals surface area contributed by atoms with E-state index in [9.17, 15) is 9.59 Å². The molecule has 0 radical (unpaired) electrons. The highest BCUT2D eigenvalue weighted by Gasteiger charge is 2.02. The van der Waals surface area contributed by atoms with Crippen LogP contribution >= 0.6 is 0 Å². The van der Waals surface area contributed by atoms with Crippen LogP contribution in [0, 0.1) is 0 Å².